The molecule has 0 heterocycles. The molecule has 0 spiro atoms. The van der Waals surface area contributed by atoms with Gasteiger partial charge in [-0.05, 0) is 19.9 Å². The zero-order chi connectivity index (χ0) is 9.84. The lowest BCUT2D eigenvalue weighted by Gasteiger charge is -2.13. The molecule has 1 aliphatic rings. The molecule has 5 nitrogen and oxygen atoms in total. The summed E-state index contributed by atoms with van der Waals surface area (Å²) in [5, 5.41) is 2.83. The Kier molecular flexibility index (Phi) is 3.25. The van der Waals surface area contributed by atoms with Crippen LogP contribution in [0, 0.1) is 0 Å². The van der Waals surface area contributed by atoms with Gasteiger partial charge in [-0.15, -0.1) is 0 Å². The van der Waals surface area contributed by atoms with Crippen LogP contribution in [0.25, 0.3) is 0 Å². The molecule has 0 atom stereocenters. The zero-order valence-electron chi connectivity index (χ0n) is 7.75. The summed E-state index contributed by atoms with van der Waals surface area (Å²) < 4.78 is 0. The highest BCUT2D eigenvalue weighted by Crippen LogP contribution is 2.18. The van der Waals surface area contributed by atoms with Crippen molar-refractivity contribution in [3.05, 3.63) is 0 Å². The summed E-state index contributed by atoms with van der Waals surface area (Å²) >= 11 is 0. The molecule has 0 saturated heterocycles. The zero-order valence-corrected chi connectivity index (χ0v) is 7.75. The molecular weight excluding hydrogens is 170 g/mol. The second kappa shape index (κ2) is 4.23. The standard InChI is InChI=1S/C8H15N3O2/c1-11(4-7(9)12)5-8(13)10-6-2-3-6/h6H,2-5H2,1H3,(H2,9,12)(H,10,13). The number of carbonyl (C=O) groups excluding carboxylic acids is 2. The number of carbonyl (C=O) groups is 2. The molecule has 1 saturated carbocycles. The van der Waals surface area contributed by atoms with E-state index in [0.29, 0.717) is 6.04 Å². The van der Waals surface area contributed by atoms with Gasteiger partial charge < -0.3 is 11.1 Å². The quantitative estimate of drug-likeness (QED) is 0.558. The molecule has 0 aromatic carbocycles. The molecule has 13 heavy (non-hydrogen) atoms. The Balaban J connectivity index is 2.13. The van der Waals surface area contributed by atoms with Gasteiger partial charge in [-0.1, -0.05) is 0 Å². The summed E-state index contributed by atoms with van der Waals surface area (Å²) in [5.74, 6) is -0.451. The second-order valence-electron chi connectivity index (χ2n) is 3.48. The van der Waals surface area contributed by atoms with Gasteiger partial charge in [0.05, 0.1) is 13.1 Å². The molecule has 5 heteroatoms. The number of hydrogen-bond acceptors (Lipinski definition) is 3. The number of primary amides is 1. The average molecular weight is 185 g/mol. The molecule has 1 aliphatic carbocycles. The summed E-state index contributed by atoms with van der Waals surface area (Å²) in [7, 11) is 1.69. The lowest BCUT2D eigenvalue weighted by Crippen LogP contribution is -2.39. The lowest BCUT2D eigenvalue weighted by molar-refractivity contribution is -0.123. The predicted octanol–water partition coefficient (Wildman–Crippen LogP) is -1.32. The molecule has 1 fully saturated rings. The van der Waals surface area contributed by atoms with Crippen molar-refractivity contribution in [3.63, 3.8) is 0 Å². The summed E-state index contributed by atoms with van der Waals surface area (Å²) in [4.78, 5) is 23.3. The first-order valence-corrected chi connectivity index (χ1v) is 4.34. The van der Waals surface area contributed by atoms with Crippen molar-refractivity contribution in [2.45, 2.75) is 18.9 Å². The van der Waals surface area contributed by atoms with E-state index in [-0.39, 0.29) is 19.0 Å². The molecule has 0 radical (unpaired) electrons. The highest BCUT2D eigenvalue weighted by atomic mass is 16.2. The van der Waals surface area contributed by atoms with Crippen LogP contribution in [0.15, 0.2) is 0 Å². The Morgan fingerprint density at radius 3 is 2.54 bits per heavy atom. The maximum Gasteiger partial charge on any atom is 0.234 e. The van der Waals surface area contributed by atoms with Crippen molar-refractivity contribution in [2.24, 2.45) is 5.73 Å². The summed E-state index contributed by atoms with van der Waals surface area (Å²) in [6.45, 7) is 0.359. The Morgan fingerprint density at radius 1 is 1.46 bits per heavy atom. The van der Waals surface area contributed by atoms with Crippen LogP contribution in [-0.4, -0.2) is 42.9 Å². The second-order valence-corrected chi connectivity index (χ2v) is 3.48. The summed E-state index contributed by atoms with van der Waals surface area (Å²) in [6, 6.07) is 0.370. The predicted molar refractivity (Wildman–Crippen MR) is 47.9 cm³/mol. The molecule has 0 aromatic heterocycles. The number of nitrogens with zero attached hydrogens (tertiary/aromatic N) is 1. The normalized spacial score (nSPS) is 15.8. The first-order chi connectivity index (χ1) is 6.08. The largest absolute Gasteiger partial charge is 0.369 e. The number of nitrogens with one attached hydrogen (secondary N) is 1. The van der Waals surface area contributed by atoms with Crippen LogP contribution >= 0.6 is 0 Å². The van der Waals surface area contributed by atoms with Gasteiger partial charge in [0, 0.05) is 6.04 Å². The molecule has 3 N–H and O–H groups in total. The van der Waals surface area contributed by atoms with Gasteiger partial charge in [0.1, 0.15) is 0 Å². The van der Waals surface area contributed by atoms with Crippen LogP contribution in [0.3, 0.4) is 0 Å². The van der Waals surface area contributed by atoms with Crippen LogP contribution in [0.2, 0.25) is 0 Å². The van der Waals surface area contributed by atoms with Gasteiger partial charge in [0.2, 0.25) is 11.8 Å². The van der Waals surface area contributed by atoms with Crippen LogP contribution in [0.4, 0.5) is 0 Å². The minimum absolute atomic E-state index is 0.0359. The van der Waals surface area contributed by atoms with Crippen LogP contribution in [0.5, 0.6) is 0 Å². The smallest absolute Gasteiger partial charge is 0.234 e. The fourth-order valence-electron chi connectivity index (χ4n) is 1.07. The van der Waals surface area contributed by atoms with Gasteiger partial charge in [-0.25, -0.2) is 0 Å². The Hall–Kier alpha value is -1.10. The van der Waals surface area contributed by atoms with E-state index in [0.717, 1.165) is 12.8 Å². The topological polar surface area (TPSA) is 75.4 Å². The lowest BCUT2D eigenvalue weighted by atomic mass is 10.4. The minimum atomic E-state index is -0.415. The molecule has 2 amide bonds. The van der Waals surface area contributed by atoms with Gasteiger partial charge in [-0.3, -0.25) is 14.5 Å². The summed E-state index contributed by atoms with van der Waals surface area (Å²) in [5.41, 5.74) is 4.97. The monoisotopic (exact) mass is 185 g/mol. The number of amides is 2. The molecular formula is C8H15N3O2. The Bertz CT molecular complexity index is 213. The van der Waals surface area contributed by atoms with Crippen molar-refractivity contribution < 1.29 is 9.59 Å². The first-order valence-electron chi connectivity index (χ1n) is 4.34. The van der Waals surface area contributed by atoms with E-state index in [1.807, 2.05) is 0 Å². The van der Waals surface area contributed by atoms with Crippen molar-refractivity contribution in [1.82, 2.24) is 10.2 Å². The molecule has 0 unspecified atom stereocenters. The van der Waals surface area contributed by atoms with Gasteiger partial charge in [-0.2, -0.15) is 0 Å². The third-order valence-electron chi connectivity index (χ3n) is 1.78. The molecule has 0 bridgehead atoms. The van der Waals surface area contributed by atoms with Crippen molar-refractivity contribution in [3.8, 4) is 0 Å². The van der Waals surface area contributed by atoms with Crippen molar-refractivity contribution >= 4 is 11.8 Å². The number of likely N-dealkylation sites (N-methyl/N-ethyl adjacent to an activating group) is 1. The fourth-order valence-corrected chi connectivity index (χ4v) is 1.07. The van der Waals surface area contributed by atoms with Crippen LogP contribution < -0.4 is 11.1 Å². The summed E-state index contributed by atoms with van der Waals surface area (Å²) in [6.07, 6.45) is 2.15. The van der Waals surface area contributed by atoms with Gasteiger partial charge >= 0.3 is 0 Å². The van der Waals surface area contributed by atoms with E-state index >= 15 is 0 Å². The van der Waals surface area contributed by atoms with Crippen LogP contribution in [0.1, 0.15) is 12.8 Å². The maximum absolute atomic E-state index is 11.2. The minimum Gasteiger partial charge on any atom is -0.369 e. The third-order valence-corrected chi connectivity index (χ3v) is 1.78. The van der Waals surface area contributed by atoms with E-state index in [9.17, 15) is 9.59 Å². The number of nitrogens with two attached hydrogens (primary N) is 1. The Morgan fingerprint density at radius 2 is 2.08 bits per heavy atom. The molecule has 1 rings (SSSR count). The van der Waals surface area contributed by atoms with E-state index in [1.54, 1.807) is 11.9 Å². The van der Waals surface area contributed by atoms with Gasteiger partial charge in [0.25, 0.3) is 0 Å². The van der Waals surface area contributed by atoms with E-state index in [1.165, 1.54) is 0 Å². The average Bonchev–Trinajstić information content (AvgIpc) is 2.67. The first kappa shape index (κ1) is 9.98. The van der Waals surface area contributed by atoms with Crippen molar-refractivity contribution in [2.75, 3.05) is 20.1 Å². The third kappa shape index (κ3) is 4.47. The SMILES string of the molecule is CN(CC(N)=O)CC(=O)NC1CC1. The molecule has 74 valence electrons. The van der Waals surface area contributed by atoms with Crippen LogP contribution in [-0.2, 0) is 9.59 Å². The van der Waals surface area contributed by atoms with Gasteiger partial charge in [0.15, 0.2) is 0 Å². The highest BCUT2D eigenvalue weighted by molar-refractivity contribution is 5.80. The fraction of sp³-hybridized carbons (Fsp3) is 0.750. The molecule has 0 aliphatic heterocycles. The van der Waals surface area contributed by atoms with E-state index < -0.39 is 5.91 Å². The van der Waals surface area contributed by atoms with E-state index in [4.69, 9.17) is 5.73 Å². The highest BCUT2D eigenvalue weighted by Gasteiger charge is 2.23. The van der Waals surface area contributed by atoms with E-state index in [2.05, 4.69) is 5.32 Å². The Labute approximate surface area is 77.3 Å². The maximum atomic E-state index is 11.2. The molecule has 0 aromatic rings. The van der Waals surface area contributed by atoms with Crippen molar-refractivity contribution in [1.29, 1.82) is 0 Å². The number of hydrogen-bond donors (Lipinski definition) is 2. The number of rotatable bonds is 5.